The lowest BCUT2D eigenvalue weighted by Crippen LogP contribution is -2.45. The predicted molar refractivity (Wildman–Crippen MR) is 102 cm³/mol. The molecule has 25 heavy (non-hydrogen) atoms. The maximum Gasteiger partial charge on any atom is 0.416 e. The van der Waals surface area contributed by atoms with Crippen molar-refractivity contribution >= 4 is 29.9 Å². The number of guanidine groups is 1. The quantitative estimate of drug-likeness (QED) is 0.416. The number of nitrogens with two attached hydrogens (primary N) is 1. The van der Waals surface area contributed by atoms with Gasteiger partial charge in [-0.2, -0.15) is 13.2 Å². The molecule has 2 rings (SSSR count). The number of likely N-dealkylation sites (N-methyl/N-ethyl adjacent to an activating group) is 1. The van der Waals surface area contributed by atoms with E-state index < -0.39 is 11.7 Å². The molecule has 0 amide bonds. The molecule has 5 nitrogen and oxygen atoms in total. The van der Waals surface area contributed by atoms with E-state index in [1.54, 1.807) is 6.07 Å². The molecule has 0 aromatic heterocycles. The largest absolute Gasteiger partial charge is 0.416 e. The summed E-state index contributed by atoms with van der Waals surface area (Å²) >= 11 is 0. The van der Waals surface area contributed by atoms with Crippen LogP contribution in [0.1, 0.15) is 17.2 Å². The highest BCUT2D eigenvalue weighted by molar-refractivity contribution is 14.0. The molecular formula is C16H24F3IN4O. The number of hydrogen-bond acceptors (Lipinski definition) is 3. The Labute approximate surface area is 163 Å². The van der Waals surface area contributed by atoms with Gasteiger partial charge < -0.3 is 20.3 Å². The van der Waals surface area contributed by atoms with Gasteiger partial charge >= 0.3 is 6.18 Å². The van der Waals surface area contributed by atoms with Crippen LogP contribution in [0.2, 0.25) is 0 Å². The Kier molecular flexibility index (Phi) is 8.42. The van der Waals surface area contributed by atoms with E-state index in [9.17, 15) is 13.2 Å². The van der Waals surface area contributed by atoms with Gasteiger partial charge in [0.15, 0.2) is 5.96 Å². The number of hydrogen-bond donors (Lipinski definition) is 1. The van der Waals surface area contributed by atoms with Gasteiger partial charge in [-0.25, -0.2) is 0 Å². The zero-order valence-corrected chi connectivity index (χ0v) is 16.6. The van der Waals surface area contributed by atoms with Gasteiger partial charge in [0, 0.05) is 13.1 Å². The molecule has 142 valence electrons. The maximum absolute atomic E-state index is 12.9. The van der Waals surface area contributed by atoms with Crippen LogP contribution in [0.5, 0.6) is 0 Å². The monoisotopic (exact) mass is 472 g/mol. The first-order chi connectivity index (χ1) is 11.3. The Morgan fingerprint density at radius 2 is 1.96 bits per heavy atom. The molecule has 0 saturated carbocycles. The zero-order chi connectivity index (χ0) is 17.7. The summed E-state index contributed by atoms with van der Waals surface area (Å²) in [4.78, 5) is 8.14. The molecule has 1 heterocycles. The fourth-order valence-corrected chi connectivity index (χ4v) is 2.56. The van der Waals surface area contributed by atoms with Crippen molar-refractivity contribution in [3.63, 3.8) is 0 Å². The molecule has 0 aliphatic carbocycles. The highest BCUT2D eigenvalue weighted by Gasteiger charge is 2.31. The number of benzene rings is 1. The van der Waals surface area contributed by atoms with Crippen LogP contribution in [0.25, 0.3) is 0 Å². The van der Waals surface area contributed by atoms with Gasteiger partial charge in [0.2, 0.25) is 0 Å². The van der Waals surface area contributed by atoms with Crippen LogP contribution >= 0.6 is 24.0 Å². The summed E-state index contributed by atoms with van der Waals surface area (Å²) in [5.41, 5.74) is 5.90. The number of alkyl halides is 3. The Balaban J connectivity index is 0.00000312. The summed E-state index contributed by atoms with van der Waals surface area (Å²) in [6.07, 6.45) is -4.36. The first-order valence-corrected chi connectivity index (χ1v) is 7.75. The van der Waals surface area contributed by atoms with E-state index in [2.05, 4.69) is 4.99 Å². The number of ether oxygens (including phenoxy) is 1. The highest BCUT2D eigenvalue weighted by atomic mass is 127. The second kappa shape index (κ2) is 9.58. The van der Waals surface area contributed by atoms with Gasteiger partial charge in [0.25, 0.3) is 0 Å². The summed E-state index contributed by atoms with van der Waals surface area (Å²) in [5, 5.41) is 0. The van der Waals surface area contributed by atoms with Crippen molar-refractivity contribution in [1.82, 2.24) is 9.80 Å². The maximum atomic E-state index is 12.9. The minimum absolute atomic E-state index is 0. The molecular weight excluding hydrogens is 448 g/mol. The normalized spacial score (nSPS) is 17.4. The molecule has 1 fully saturated rings. The first-order valence-electron chi connectivity index (χ1n) is 7.75. The Morgan fingerprint density at radius 1 is 1.32 bits per heavy atom. The number of nitrogens with zero attached hydrogens (tertiary/aromatic N) is 3. The Hall–Kier alpha value is -1.07. The fraction of sp³-hybridized carbons (Fsp3) is 0.562. The highest BCUT2D eigenvalue weighted by Crippen LogP contribution is 2.31. The molecule has 1 aromatic carbocycles. The SMILES string of the molecule is CN(C)C(CN=C(N)N1CCOCC1)c1cccc(C(F)(F)F)c1.I. The predicted octanol–water partition coefficient (Wildman–Crippen LogP) is 2.57. The van der Waals surface area contributed by atoms with Crippen LogP contribution < -0.4 is 5.73 Å². The smallest absolute Gasteiger partial charge is 0.378 e. The summed E-state index contributed by atoms with van der Waals surface area (Å²) in [6, 6.07) is 5.06. The van der Waals surface area contributed by atoms with Crippen molar-refractivity contribution in [3.05, 3.63) is 35.4 Å². The van der Waals surface area contributed by atoms with Crippen molar-refractivity contribution in [1.29, 1.82) is 0 Å². The first kappa shape index (κ1) is 22.0. The minimum atomic E-state index is -4.36. The van der Waals surface area contributed by atoms with Crippen molar-refractivity contribution in [2.75, 3.05) is 46.9 Å². The van der Waals surface area contributed by atoms with E-state index in [0.717, 1.165) is 6.07 Å². The minimum Gasteiger partial charge on any atom is -0.378 e. The van der Waals surface area contributed by atoms with E-state index in [-0.39, 0.29) is 36.6 Å². The van der Waals surface area contributed by atoms with Gasteiger partial charge in [0.1, 0.15) is 0 Å². The van der Waals surface area contributed by atoms with Crippen LogP contribution in [-0.4, -0.2) is 62.7 Å². The lowest BCUT2D eigenvalue weighted by atomic mass is 10.0. The van der Waals surface area contributed by atoms with Crippen LogP contribution in [-0.2, 0) is 10.9 Å². The van der Waals surface area contributed by atoms with Crippen molar-refractivity contribution in [3.8, 4) is 0 Å². The fourth-order valence-electron chi connectivity index (χ4n) is 2.56. The van der Waals surface area contributed by atoms with Crippen molar-refractivity contribution in [2.24, 2.45) is 10.7 Å². The van der Waals surface area contributed by atoms with E-state index in [1.807, 2.05) is 23.9 Å². The zero-order valence-electron chi connectivity index (χ0n) is 14.3. The molecule has 2 N–H and O–H groups in total. The van der Waals surface area contributed by atoms with E-state index in [4.69, 9.17) is 10.5 Å². The molecule has 0 bridgehead atoms. The van der Waals surface area contributed by atoms with Gasteiger partial charge in [-0.15, -0.1) is 24.0 Å². The van der Waals surface area contributed by atoms with Crippen molar-refractivity contribution < 1.29 is 17.9 Å². The molecule has 1 aromatic rings. The Bertz CT molecular complexity index is 575. The number of aliphatic imine (C=N–C) groups is 1. The van der Waals surface area contributed by atoms with Gasteiger partial charge in [-0.05, 0) is 31.8 Å². The summed E-state index contributed by atoms with van der Waals surface area (Å²) < 4.78 is 44.0. The standard InChI is InChI=1S/C16H23F3N4O.HI/c1-22(2)14(11-21-15(20)23-6-8-24-9-7-23)12-4-3-5-13(10-12)16(17,18)19;/h3-5,10,14H,6-9,11H2,1-2H3,(H2,20,21);1H. The van der Waals surface area contributed by atoms with Gasteiger partial charge in [-0.3, -0.25) is 4.99 Å². The third-order valence-electron chi connectivity index (χ3n) is 3.98. The molecule has 1 atom stereocenters. The van der Waals surface area contributed by atoms with E-state index >= 15 is 0 Å². The average molecular weight is 472 g/mol. The average Bonchev–Trinajstić information content (AvgIpc) is 2.55. The van der Waals surface area contributed by atoms with Gasteiger partial charge in [-0.1, -0.05) is 12.1 Å². The summed E-state index contributed by atoms with van der Waals surface area (Å²) in [7, 11) is 3.62. The van der Waals surface area contributed by atoms with Gasteiger partial charge in [0.05, 0.1) is 31.4 Å². The summed E-state index contributed by atoms with van der Waals surface area (Å²) in [5.74, 6) is 0.400. The molecule has 0 radical (unpaired) electrons. The Morgan fingerprint density at radius 3 is 2.52 bits per heavy atom. The molecule has 1 aliphatic rings. The lowest BCUT2D eigenvalue weighted by molar-refractivity contribution is -0.137. The molecule has 0 spiro atoms. The van der Waals surface area contributed by atoms with Crippen molar-refractivity contribution in [2.45, 2.75) is 12.2 Å². The lowest BCUT2D eigenvalue weighted by Gasteiger charge is -2.29. The molecule has 1 aliphatic heterocycles. The number of rotatable bonds is 4. The summed E-state index contributed by atoms with van der Waals surface area (Å²) in [6.45, 7) is 2.83. The van der Waals surface area contributed by atoms with Crippen LogP contribution in [0.3, 0.4) is 0 Å². The third kappa shape index (κ3) is 6.30. The topological polar surface area (TPSA) is 54.1 Å². The second-order valence-electron chi connectivity index (χ2n) is 5.90. The van der Waals surface area contributed by atoms with E-state index in [0.29, 0.717) is 37.8 Å². The third-order valence-corrected chi connectivity index (χ3v) is 3.98. The van der Waals surface area contributed by atoms with Crippen LogP contribution in [0.4, 0.5) is 13.2 Å². The molecule has 1 saturated heterocycles. The number of halogens is 4. The number of morpholine rings is 1. The van der Waals surface area contributed by atoms with Crippen LogP contribution in [0, 0.1) is 0 Å². The van der Waals surface area contributed by atoms with E-state index in [1.165, 1.54) is 12.1 Å². The molecule has 9 heteroatoms. The molecule has 1 unspecified atom stereocenters. The second-order valence-corrected chi connectivity index (χ2v) is 5.90. The van der Waals surface area contributed by atoms with Crippen LogP contribution in [0.15, 0.2) is 29.3 Å².